The molecule has 25 heavy (non-hydrogen) atoms. The van der Waals surface area contributed by atoms with Crippen molar-refractivity contribution >= 4 is 22.4 Å². The summed E-state index contributed by atoms with van der Waals surface area (Å²) in [4.78, 5) is 5.85. The van der Waals surface area contributed by atoms with Gasteiger partial charge in [0.15, 0.2) is 5.82 Å². The molecule has 0 unspecified atom stereocenters. The smallest absolute Gasteiger partial charge is 0.151 e. The summed E-state index contributed by atoms with van der Waals surface area (Å²) in [6, 6.07) is 17.6. The fraction of sp³-hybridized carbons (Fsp3) is 0.150. The van der Waals surface area contributed by atoms with Gasteiger partial charge >= 0.3 is 0 Å². The maximum Gasteiger partial charge on any atom is 0.151 e. The van der Waals surface area contributed by atoms with Gasteiger partial charge < -0.3 is 14.4 Å². The van der Waals surface area contributed by atoms with Crippen LogP contribution >= 0.6 is 11.3 Å². The van der Waals surface area contributed by atoms with E-state index in [2.05, 4.69) is 16.7 Å². The summed E-state index contributed by atoms with van der Waals surface area (Å²) in [7, 11) is 1.68. The molecular formula is C20H18N2O2S. The lowest BCUT2D eigenvalue weighted by Gasteiger charge is -2.10. The second kappa shape index (κ2) is 6.61. The van der Waals surface area contributed by atoms with Gasteiger partial charge in [-0.05, 0) is 47.7 Å². The first-order chi connectivity index (χ1) is 12.3. The summed E-state index contributed by atoms with van der Waals surface area (Å²) in [5, 5.41) is 12.4. The average molecular weight is 350 g/mol. The molecule has 0 aliphatic heterocycles. The number of rotatable bonds is 5. The van der Waals surface area contributed by atoms with Gasteiger partial charge in [0.05, 0.1) is 17.5 Å². The maximum absolute atomic E-state index is 10.4. The number of nitrogens with zero attached hydrogens (tertiary/aromatic N) is 2. The van der Waals surface area contributed by atoms with Crippen molar-refractivity contribution in [2.24, 2.45) is 0 Å². The lowest BCUT2D eigenvalue weighted by atomic mass is 10.1. The van der Waals surface area contributed by atoms with E-state index in [4.69, 9.17) is 9.72 Å². The lowest BCUT2D eigenvalue weighted by molar-refractivity contribution is 0.414. The van der Waals surface area contributed by atoms with Crippen LogP contribution in [0.4, 0.5) is 0 Å². The molecule has 0 saturated heterocycles. The van der Waals surface area contributed by atoms with Crippen molar-refractivity contribution < 1.29 is 9.84 Å². The third-order valence-electron chi connectivity index (χ3n) is 4.25. The molecule has 0 fully saturated rings. The SMILES string of the molecule is COc1cccc(CCn2c(-c3cccs3)nc3cccc(O)c32)c1. The number of imidazole rings is 1. The zero-order chi connectivity index (χ0) is 17.2. The molecule has 0 atom stereocenters. The summed E-state index contributed by atoms with van der Waals surface area (Å²) < 4.78 is 7.41. The van der Waals surface area contributed by atoms with Crippen molar-refractivity contribution in [2.45, 2.75) is 13.0 Å². The van der Waals surface area contributed by atoms with E-state index in [-0.39, 0.29) is 5.75 Å². The predicted molar refractivity (Wildman–Crippen MR) is 101 cm³/mol. The largest absolute Gasteiger partial charge is 0.506 e. The second-order valence-electron chi connectivity index (χ2n) is 5.81. The molecule has 0 aliphatic carbocycles. The van der Waals surface area contributed by atoms with Gasteiger partial charge in [-0.3, -0.25) is 0 Å². The molecule has 0 saturated carbocycles. The summed E-state index contributed by atoms with van der Waals surface area (Å²) >= 11 is 1.65. The highest BCUT2D eigenvalue weighted by atomic mass is 32.1. The Bertz CT molecular complexity index is 1010. The third kappa shape index (κ3) is 2.98. The Balaban J connectivity index is 1.75. The van der Waals surface area contributed by atoms with Crippen LogP contribution in [-0.4, -0.2) is 21.8 Å². The highest BCUT2D eigenvalue weighted by molar-refractivity contribution is 7.13. The molecule has 2 heterocycles. The maximum atomic E-state index is 10.4. The highest BCUT2D eigenvalue weighted by Crippen LogP contribution is 2.32. The van der Waals surface area contributed by atoms with Gasteiger partial charge in [-0.1, -0.05) is 24.3 Å². The minimum atomic E-state index is 0.262. The molecule has 0 spiro atoms. The van der Waals surface area contributed by atoms with E-state index in [1.165, 1.54) is 5.56 Å². The lowest BCUT2D eigenvalue weighted by Crippen LogP contribution is -2.03. The molecule has 4 nitrogen and oxygen atoms in total. The second-order valence-corrected chi connectivity index (χ2v) is 6.76. The van der Waals surface area contributed by atoms with E-state index < -0.39 is 0 Å². The van der Waals surface area contributed by atoms with Crippen LogP contribution in [0.1, 0.15) is 5.56 Å². The molecule has 126 valence electrons. The average Bonchev–Trinajstić information content (AvgIpc) is 3.28. The first kappa shape index (κ1) is 15.7. The number of hydrogen-bond acceptors (Lipinski definition) is 4. The third-order valence-corrected chi connectivity index (χ3v) is 5.11. The molecule has 0 aliphatic rings. The minimum absolute atomic E-state index is 0.262. The van der Waals surface area contributed by atoms with E-state index in [1.807, 2.05) is 41.8 Å². The monoisotopic (exact) mass is 350 g/mol. The van der Waals surface area contributed by atoms with Gasteiger partial charge in [0.25, 0.3) is 0 Å². The molecule has 5 heteroatoms. The Labute approximate surface area is 150 Å². The van der Waals surface area contributed by atoms with Crippen LogP contribution < -0.4 is 4.74 Å². The molecule has 1 N–H and O–H groups in total. The van der Waals surface area contributed by atoms with Gasteiger partial charge in [0, 0.05) is 6.54 Å². The molecule has 4 rings (SSSR count). The number of phenols is 1. The number of phenolic OH excluding ortho intramolecular Hbond substituents is 1. The molecule has 0 radical (unpaired) electrons. The summed E-state index contributed by atoms with van der Waals surface area (Å²) in [6.45, 7) is 0.731. The van der Waals surface area contributed by atoms with Crippen LogP contribution in [0.2, 0.25) is 0 Å². The van der Waals surface area contributed by atoms with Crippen molar-refractivity contribution in [3.8, 4) is 22.2 Å². The van der Waals surface area contributed by atoms with Crippen LogP contribution in [0.3, 0.4) is 0 Å². The van der Waals surface area contributed by atoms with Crippen molar-refractivity contribution in [3.63, 3.8) is 0 Å². The number of aromatic hydroxyl groups is 1. The van der Waals surface area contributed by atoms with Crippen LogP contribution in [-0.2, 0) is 13.0 Å². The fourth-order valence-electron chi connectivity index (χ4n) is 3.05. The van der Waals surface area contributed by atoms with Crippen molar-refractivity contribution in [1.29, 1.82) is 0 Å². The molecule has 2 aromatic carbocycles. The Hall–Kier alpha value is -2.79. The Morgan fingerprint density at radius 1 is 1.12 bits per heavy atom. The first-order valence-corrected chi connectivity index (χ1v) is 8.99. The normalized spacial score (nSPS) is 11.1. The number of benzene rings is 2. The van der Waals surface area contributed by atoms with E-state index >= 15 is 0 Å². The van der Waals surface area contributed by atoms with E-state index in [0.29, 0.717) is 0 Å². The van der Waals surface area contributed by atoms with Gasteiger partial charge in [-0.25, -0.2) is 4.98 Å². The van der Waals surface area contributed by atoms with Gasteiger partial charge in [0.2, 0.25) is 0 Å². The van der Waals surface area contributed by atoms with E-state index in [9.17, 15) is 5.11 Å². The number of methoxy groups -OCH3 is 1. The van der Waals surface area contributed by atoms with Gasteiger partial charge in [-0.2, -0.15) is 0 Å². The molecule has 2 aromatic heterocycles. The molecular weight excluding hydrogens is 332 g/mol. The minimum Gasteiger partial charge on any atom is -0.506 e. The topological polar surface area (TPSA) is 47.3 Å². The standard InChI is InChI=1S/C20H18N2O2S/c1-24-15-6-2-5-14(13-15)10-11-22-19-16(7-3-8-17(19)23)21-20(22)18-9-4-12-25-18/h2-9,12-13,23H,10-11H2,1H3. The van der Waals surface area contributed by atoms with Crippen LogP contribution in [0, 0.1) is 0 Å². The molecule has 4 aromatic rings. The van der Waals surface area contributed by atoms with Crippen LogP contribution in [0.15, 0.2) is 60.0 Å². The summed E-state index contributed by atoms with van der Waals surface area (Å²) in [5.74, 6) is 2.02. The Morgan fingerprint density at radius 3 is 2.80 bits per heavy atom. The van der Waals surface area contributed by atoms with Crippen molar-refractivity contribution in [1.82, 2.24) is 9.55 Å². The number of thiophene rings is 1. The van der Waals surface area contributed by atoms with Crippen molar-refractivity contribution in [3.05, 3.63) is 65.5 Å². The number of aryl methyl sites for hydroxylation is 2. The number of fused-ring (bicyclic) bond motifs is 1. The van der Waals surface area contributed by atoms with Crippen LogP contribution in [0.5, 0.6) is 11.5 Å². The van der Waals surface area contributed by atoms with E-state index in [0.717, 1.165) is 40.5 Å². The zero-order valence-electron chi connectivity index (χ0n) is 13.8. The number of ether oxygens (including phenoxy) is 1. The number of aromatic nitrogens is 2. The predicted octanol–water partition coefficient (Wildman–Crippen LogP) is 4.72. The fourth-order valence-corrected chi connectivity index (χ4v) is 3.77. The number of para-hydroxylation sites is 1. The number of hydrogen-bond donors (Lipinski definition) is 1. The van der Waals surface area contributed by atoms with Gasteiger partial charge in [0.1, 0.15) is 17.0 Å². The van der Waals surface area contributed by atoms with Gasteiger partial charge in [-0.15, -0.1) is 11.3 Å². The quantitative estimate of drug-likeness (QED) is 0.566. The Kier molecular flexibility index (Phi) is 4.15. The summed E-state index contributed by atoms with van der Waals surface area (Å²) in [6.07, 6.45) is 0.829. The molecule has 0 bridgehead atoms. The summed E-state index contributed by atoms with van der Waals surface area (Å²) in [5.41, 5.74) is 2.79. The Morgan fingerprint density at radius 2 is 2.00 bits per heavy atom. The van der Waals surface area contributed by atoms with Crippen LogP contribution in [0.25, 0.3) is 21.7 Å². The highest BCUT2D eigenvalue weighted by Gasteiger charge is 2.16. The van der Waals surface area contributed by atoms with E-state index in [1.54, 1.807) is 24.5 Å². The molecule has 0 amide bonds. The zero-order valence-corrected chi connectivity index (χ0v) is 14.7. The van der Waals surface area contributed by atoms with Crippen molar-refractivity contribution in [2.75, 3.05) is 7.11 Å². The first-order valence-electron chi connectivity index (χ1n) is 8.11.